The van der Waals surface area contributed by atoms with Crippen LogP contribution in [-0.4, -0.2) is 59.6 Å². The third-order valence-corrected chi connectivity index (χ3v) is 6.07. The fourth-order valence-corrected chi connectivity index (χ4v) is 4.62. The molecule has 1 atom stereocenters. The molecule has 3 aliphatic rings. The summed E-state index contributed by atoms with van der Waals surface area (Å²) in [6.45, 7) is 1.32. The number of amides is 4. The van der Waals surface area contributed by atoms with E-state index in [2.05, 4.69) is 5.32 Å². The number of anilines is 1. The molecule has 0 aliphatic carbocycles. The van der Waals surface area contributed by atoms with Crippen LogP contribution in [-0.2, 0) is 9.59 Å². The Kier molecular flexibility index (Phi) is 4.69. The Morgan fingerprint density at radius 3 is 2.48 bits per heavy atom. The topological polar surface area (TPSA) is 90.0 Å². The Morgan fingerprint density at radius 1 is 0.968 bits per heavy atom. The molecule has 0 aromatic heterocycles. The average molecular weight is 418 g/mol. The zero-order valence-electron chi connectivity index (χ0n) is 16.9. The van der Waals surface area contributed by atoms with E-state index in [-0.39, 0.29) is 30.2 Å². The maximum Gasteiger partial charge on any atom is 0.260 e. The van der Waals surface area contributed by atoms with Gasteiger partial charge in [-0.3, -0.25) is 24.1 Å². The van der Waals surface area contributed by atoms with Crippen molar-refractivity contribution in [2.24, 2.45) is 0 Å². The number of fused-ring (bicyclic) bond motifs is 5. The Labute approximate surface area is 179 Å². The molecule has 3 heterocycles. The minimum atomic E-state index is -0.656. The molecule has 0 bridgehead atoms. The van der Waals surface area contributed by atoms with Crippen LogP contribution < -0.4 is 10.2 Å². The molecular weight excluding hydrogens is 396 g/mol. The minimum absolute atomic E-state index is 0.105. The molecule has 0 spiro atoms. The van der Waals surface area contributed by atoms with E-state index in [9.17, 15) is 19.2 Å². The lowest BCUT2D eigenvalue weighted by Crippen LogP contribution is -2.51. The van der Waals surface area contributed by atoms with Crippen LogP contribution in [0.3, 0.4) is 0 Å². The summed E-state index contributed by atoms with van der Waals surface area (Å²) in [5.41, 5.74) is 2.21. The number of likely N-dealkylation sites (tertiary alicyclic amines) is 1. The normalized spacial score (nSPS) is 19.4. The Bertz CT molecular complexity index is 1100. The average Bonchev–Trinajstić information content (AvgIpc) is 3.32. The van der Waals surface area contributed by atoms with Gasteiger partial charge in [0.1, 0.15) is 12.7 Å². The fraction of sp³-hybridized carbons (Fsp3) is 0.304. The van der Waals surface area contributed by atoms with Gasteiger partial charge in [0.05, 0.1) is 11.3 Å². The number of carbonyl (C=O) groups excluding carboxylic acids is 4. The monoisotopic (exact) mass is 418 g/mol. The van der Waals surface area contributed by atoms with Crippen molar-refractivity contribution in [1.82, 2.24) is 15.1 Å². The van der Waals surface area contributed by atoms with Gasteiger partial charge in [0, 0.05) is 37.2 Å². The number of carbonyl (C=O) groups is 4. The fourth-order valence-electron chi connectivity index (χ4n) is 4.62. The summed E-state index contributed by atoms with van der Waals surface area (Å²) in [5.74, 6) is -0.685. The number of nitrogens with one attached hydrogen (secondary N) is 1. The number of hydrogen-bond acceptors (Lipinski definition) is 4. The molecule has 1 saturated heterocycles. The highest BCUT2D eigenvalue weighted by molar-refractivity contribution is 6.17. The Morgan fingerprint density at radius 2 is 1.71 bits per heavy atom. The Balaban J connectivity index is 1.39. The first-order chi connectivity index (χ1) is 15.1. The molecule has 2 aromatic carbocycles. The molecule has 158 valence electrons. The van der Waals surface area contributed by atoms with Crippen molar-refractivity contribution >= 4 is 29.3 Å². The summed E-state index contributed by atoms with van der Waals surface area (Å²) in [7, 11) is 0. The largest absolute Gasteiger partial charge is 0.353 e. The quantitative estimate of drug-likeness (QED) is 0.798. The summed E-state index contributed by atoms with van der Waals surface area (Å²) < 4.78 is 0. The first-order valence-electron chi connectivity index (χ1n) is 10.4. The van der Waals surface area contributed by atoms with Crippen LogP contribution in [0.5, 0.6) is 0 Å². The van der Waals surface area contributed by atoms with Crippen molar-refractivity contribution in [3.8, 4) is 0 Å². The predicted molar refractivity (Wildman–Crippen MR) is 112 cm³/mol. The number of rotatable bonds is 5. The van der Waals surface area contributed by atoms with E-state index in [1.165, 1.54) is 4.90 Å². The van der Waals surface area contributed by atoms with Crippen molar-refractivity contribution < 1.29 is 19.2 Å². The second kappa shape index (κ2) is 7.54. The number of nitrogens with zero attached hydrogens (tertiary/aromatic N) is 3. The Hall–Kier alpha value is -3.68. The molecule has 1 N–H and O–H groups in total. The second-order valence-electron chi connectivity index (χ2n) is 7.92. The number of hydrogen-bond donors (Lipinski definition) is 1. The van der Waals surface area contributed by atoms with E-state index in [1.54, 1.807) is 46.2 Å². The van der Waals surface area contributed by atoms with Crippen LogP contribution in [0.25, 0.3) is 0 Å². The summed E-state index contributed by atoms with van der Waals surface area (Å²) in [5, 5.41) is 2.81. The van der Waals surface area contributed by atoms with Gasteiger partial charge in [-0.05, 0) is 24.6 Å². The highest BCUT2D eigenvalue weighted by atomic mass is 16.2. The zero-order valence-corrected chi connectivity index (χ0v) is 16.9. The van der Waals surface area contributed by atoms with Crippen LogP contribution in [0.4, 0.5) is 5.69 Å². The van der Waals surface area contributed by atoms with E-state index >= 15 is 0 Å². The third-order valence-electron chi connectivity index (χ3n) is 6.07. The van der Waals surface area contributed by atoms with E-state index in [4.69, 9.17) is 0 Å². The van der Waals surface area contributed by atoms with Crippen LogP contribution in [0.2, 0.25) is 0 Å². The van der Waals surface area contributed by atoms with E-state index in [0.717, 1.165) is 6.42 Å². The zero-order chi connectivity index (χ0) is 21.5. The van der Waals surface area contributed by atoms with Crippen molar-refractivity contribution in [3.05, 3.63) is 65.2 Å². The predicted octanol–water partition coefficient (Wildman–Crippen LogP) is 1.54. The van der Waals surface area contributed by atoms with Gasteiger partial charge < -0.3 is 15.1 Å². The van der Waals surface area contributed by atoms with Crippen LogP contribution in [0.15, 0.2) is 48.5 Å². The molecule has 8 nitrogen and oxygen atoms in total. The number of para-hydroxylation sites is 1. The second-order valence-corrected chi connectivity index (χ2v) is 7.92. The lowest BCUT2D eigenvalue weighted by molar-refractivity contribution is -0.128. The minimum Gasteiger partial charge on any atom is -0.353 e. The lowest BCUT2D eigenvalue weighted by Gasteiger charge is -2.40. The molecule has 1 fully saturated rings. The van der Waals surface area contributed by atoms with Gasteiger partial charge in [0.25, 0.3) is 11.8 Å². The lowest BCUT2D eigenvalue weighted by atomic mass is 10.0. The van der Waals surface area contributed by atoms with Gasteiger partial charge in [0.15, 0.2) is 0 Å². The van der Waals surface area contributed by atoms with E-state index in [0.29, 0.717) is 48.4 Å². The molecule has 2 aromatic rings. The van der Waals surface area contributed by atoms with Gasteiger partial charge in [-0.2, -0.15) is 0 Å². The first-order valence-corrected chi connectivity index (χ1v) is 10.4. The summed E-state index contributed by atoms with van der Waals surface area (Å²) >= 11 is 0. The highest BCUT2D eigenvalue weighted by Crippen LogP contribution is 2.44. The van der Waals surface area contributed by atoms with Crippen molar-refractivity contribution in [3.63, 3.8) is 0 Å². The molecule has 4 amide bonds. The summed E-state index contributed by atoms with van der Waals surface area (Å²) in [4.78, 5) is 55.6. The van der Waals surface area contributed by atoms with E-state index < -0.39 is 6.17 Å². The van der Waals surface area contributed by atoms with Crippen LogP contribution >= 0.6 is 0 Å². The molecule has 5 rings (SSSR count). The van der Waals surface area contributed by atoms with Gasteiger partial charge in [0.2, 0.25) is 11.8 Å². The first kappa shape index (κ1) is 19.3. The van der Waals surface area contributed by atoms with Gasteiger partial charge >= 0.3 is 0 Å². The third kappa shape index (κ3) is 3.15. The molecule has 0 saturated carbocycles. The molecule has 31 heavy (non-hydrogen) atoms. The van der Waals surface area contributed by atoms with Crippen molar-refractivity contribution in [2.75, 3.05) is 31.1 Å². The summed E-state index contributed by atoms with van der Waals surface area (Å²) in [6.07, 6.45) is 0.747. The van der Waals surface area contributed by atoms with E-state index in [1.807, 2.05) is 12.1 Å². The summed E-state index contributed by atoms with van der Waals surface area (Å²) in [6, 6.07) is 14.2. The maximum absolute atomic E-state index is 13.3. The molecular formula is C23H22N4O4. The van der Waals surface area contributed by atoms with Crippen LogP contribution in [0.1, 0.15) is 45.3 Å². The molecule has 0 radical (unpaired) electrons. The number of benzene rings is 2. The van der Waals surface area contributed by atoms with Crippen molar-refractivity contribution in [2.45, 2.75) is 19.0 Å². The highest BCUT2D eigenvalue weighted by Gasteiger charge is 2.48. The van der Waals surface area contributed by atoms with Gasteiger partial charge in [-0.15, -0.1) is 0 Å². The SMILES string of the molecule is O=C(CN1C(=O)c2ccccc2N2C(=O)c3ccccc3[C@@H]12)NCCN1CCCC1=O. The van der Waals surface area contributed by atoms with Gasteiger partial charge in [-0.1, -0.05) is 30.3 Å². The smallest absolute Gasteiger partial charge is 0.260 e. The maximum atomic E-state index is 13.3. The molecule has 3 aliphatic heterocycles. The van der Waals surface area contributed by atoms with Crippen molar-refractivity contribution in [1.29, 1.82) is 0 Å². The molecule has 8 heteroatoms. The van der Waals surface area contributed by atoms with Crippen LogP contribution in [0, 0.1) is 0 Å². The van der Waals surface area contributed by atoms with Gasteiger partial charge in [-0.25, -0.2) is 0 Å². The standard InChI is InChI=1S/C23H22N4O4/c28-19(24-11-13-25-12-5-10-20(25)29)14-26-21-15-6-1-2-7-16(15)23(31)27(21)18-9-4-3-8-17(18)22(26)30/h1-4,6-9,21H,5,10-14H2,(H,24,28)/t21-/m0/s1. The molecule has 0 unspecified atom stereocenters.